The molecule has 0 saturated carbocycles. The van der Waals surface area contributed by atoms with Crippen molar-refractivity contribution in [3.8, 4) is 0 Å². The van der Waals surface area contributed by atoms with Gasteiger partial charge in [0.25, 0.3) is 0 Å². The average Bonchev–Trinajstić information content (AvgIpc) is 2.51. The van der Waals surface area contributed by atoms with E-state index in [1.807, 2.05) is 6.07 Å². The van der Waals surface area contributed by atoms with Gasteiger partial charge < -0.3 is 10.1 Å². The number of ether oxygens (including phenoxy) is 1. The zero-order chi connectivity index (χ0) is 9.52. The van der Waals surface area contributed by atoms with E-state index in [1.165, 1.54) is 11.1 Å². The number of hydrogen-bond acceptors (Lipinski definition) is 2. The maximum absolute atomic E-state index is 5.79. The minimum absolute atomic E-state index is 0.711. The van der Waals surface area contributed by atoms with Gasteiger partial charge in [-0.25, -0.2) is 0 Å². The fourth-order valence-electron chi connectivity index (χ4n) is 0.940. The second kappa shape index (κ2) is 6.02. The van der Waals surface area contributed by atoms with Crippen LogP contribution in [0.5, 0.6) is 0 Å². The second-order valence-electron chi connectivity index (χ2n) is 2.52. The Balaban J connectivity index is 2.09. The molecule has 13 heavy (non-hydrogen) atoms. The van der Waals surface area contributed by atoms with Gasteiger partial charge in [0, 0.05) is 0 Å². The molecule has 0 bridgehead atoms. The number of nitrogens with two attached hydrogens (primary N) is 1. The van der Waals surface area contributed by atoms with Gasteiger partial charge in [0.2, 0.25) is 0 Å². The van der Waals surface area contributed by atoms with Crippen LogP contribution in [0.15, 0.2) is 25.0 Å². The first-order valence-electron chi connectivity index (χ1n) is 4.11. The quantitative estimate of drug-likeness (QED) is 0.570. The van der Waals surface area contributed by atoms with Crippen LogP contribution in [0.4, 0.5) is 0 Å². The molecule has 2 nitrogen and oxygen atoms in total. The number of halogens is 1. The maximum Gasteiger partial charge on any atom is 0.136 e. The van der Waals surface area contributed by atoms with Crippen molar-refractivity contribution in [1.29, 1.82) is 0 Å². The molecule has 0 unspecified atom stereocenters. The van der Waals surface area contributed by atoms with Crippen LogP contribution in [0.25, 0.3) is 0 Å². The molecule has 0 radical (unpaired) electrons. The zero-order valence-electron chi connectivity index (χ0n) is 7.33. The van der Waals surface area contributed by atoms with Gasteiger partial charge in [-0.1, -0.05) is 18.2 Å². The molecule has 0 atom stereocenters. The molecular weight excluding hydrogens is 206 g/mol. The molecule has 1 aromatic rings. The fourth-order valence-corrected chi connectivity index (χ4v) is 2.02. The van der Waals surface area contributed by atoms with E-state index in [2.05, 4.69) is 18.0 Å². The van der Waals surface area contributed by atoms with Crippen LogP contribution in [0, 0.1) is 0 Å². The highest BCUT2D eigenvalue weighted by Gasteiger charge is 1.98. The summed E-state index contributed by atoms with van der Waals surface area (Å²) in [6.07, 6.45) is 1.47. The van der Waals surface area contributed by atoms with Gasteiger partial charge in [-0.3, -0.25) is 0 Å². The number of quaternary nitrogens is 1. The van der Waals surface area contributed by atoms with Crippen LogP contribution in [0.2, 0.25) is 4.34 Å². The highest BCUT2D eigenvalue weighted by atomic mass is 35.5. The topological polar surface area (TPSA) is 25.8 Å². The summed E-state index contributed by atoms with van der Waals surface area (Å²) in [5.74, 6) is 0. The highest BCUT2D eigenvalue weighted by molar-refractivity contribution is 7.16. The Labute approximate surface area is 87.2 Å². The van der Waals surface area contributed by atoms with Gasteiger partial charge in [0.05, 0.1) is 15.5 Å². The first-order chi connectivity index (χ1) is 6.33. The van der Waals surface area contributed by atoms with Crippen molar-refractivity contribution < 1.29 is 10.1 Å². The van der Waals surface area contributed by atoms with E-state index in [0.29, 0.717) is 6.61 Å². The molecule has 0 amide bonds. The Hall–Kier alpha value is -0.510. The third kappa shape index (κ3) is 4.31. The van der Waals surface area contributed by atoms with E-state index < -0.39 is 0 Å². The Morgan fingerprint density at radius 2 is 2.46 bits per heavy atom. The van der Waals surface area contributed by atoms with Gasteiger partial charge in [-0.2, -0.15) is 0 Å². The van der Waals surface area contributed by atoms with Crippen molar-refractivity contribution in [1.82, 2.24) is 0 Å². The summed E-state index contributed by atoms with van der Waals surface area (Å²) in [4.78, 5) is 1.30. The molecule has 1 heterocycles. The predicted octanol–water partition coefficient (Wildman–Crippen LogP) is 1.63. The first-order valence-corrected chi connectivity index (χ1v) is 5.31. The predicted molar refractivity (Wildman–Crippen MR) is 56.0 cm³/mol. The lowest BCUT2D eigenvalue weighted by atomic mass is 10.4. The average molecular weight is 219 g/mol. The van der Waals surface area contributed by atoms with Crippen LogP contribution in [-0.4, -0.2) is 13.2 Å². The standard InChI is InChI=1S/C9H12ClNOS/c1-2-12-6-5-11-7-8-3-4-9(10)13-8/h2-4,11H,1,5-7H2/p+1. The lowest BCUT2D eigenvalue weighted by Crippen LogP contribution is -2.83. The van der Waals surface area contributed by atoms with E-state index in [-0.39, 0.29) is 0 Å². The summed E-state index contributed by atoms with van der Waals surface area (Å²) in [6, 6.07) is 3.98. The monoisotopic (exact) mass is 218 g/mol. The van der Waals surface area contributed by atoms with Gasteiger partial charge >= 0.3 is 0 Å². The van der Waals surface area contributed by atoms with Crippen molar-refractivity contribution in [3.63, 3.8) is 0 Å². The van der Waals surface area contributed by atoms with Crippen LogP contribution in [0.1, 0.15) is 4.88 Å². The highest BCUT2D eigenvalue weighted by Crippen LogP contribution is 2.20. The summed E-state index contributed by atoms with van der Waals surface area (Å²) in [5, 5.41) is 2.19. The van der Waals surface area contributed by atoms with Crippen LogP contribution in [-0.2, 0) is 11.3 Å². The lowest BCUT2D eigenvalue weighted by molar-refractivity contribution is -0.671. The van der Waals surface area contributed by atoms with Gasteiger partial charge in [-0.15, -0.1) is 11.3 Å². The van der Waals surface area contributed by atoms with Crippen molar-refractivity contribution in [3.05, 3.63) is 34.2 Å². The van der Waals surface area contributed by atoms with E-state index >= 15 is 0 Å². The molecule has 0 fully saturated rings. The lowest BCUT2D eigenvalue weighted by Gasteiger charge is -1.99. The molecule has 1 aromatic heterocycles. The SMILES string of the molecule is C=COCC[NH2+]Cc1ccc(Cl)s1. The van der Waals surface area contributed by atoms with Gasteiger partial charge in [0.1, 0.15) is 19.7 Å². The van der Waals surface area contributed by atoms with Crippen molar-refractivity contribution >= 4 is 22.9 Å². The van der Waals surface area contributed by atoms with Crippen molar-refractivity contribution in [2.24, 2.45) is 0 Å². The molecule has 0 spiro atoms. The second-order valence-corrected chi connectivity index (χ2v) is 4.32. The number of hydrogen-bond donors (Lipinski definition) is 1. The Morgan fingerprint density at radius 1 is 1.62 bits per heavy atom. The van der Waals surface area contributed by atoms with Crippen molar-refractivity contribution in [2.45, 2.75) is 6.54 Å². The molecule has 0 aliphatic rings. The molecule has 0 aliphatic carbocycles. The zero-order valence-corrected chi connectivity index (χ0v) is 8.90. The number of thiophene rings is 1. The maximum atomic E-state index is 5.79. The summed E-state index contributed by atoms with van der Waals surface area (Å²) < 4.78 is 5.84. The van der Waals surface area contributed by atoms with E-state index in [4.69, 9.17) is 16.3 Å². The molecule has 0 saturated heterocycles. The van der Waals surface area contributed by atoms with Crippen LogP contribution < -0.4 is 5.32 Å². The van der Waals surface area contributed by atoms with E-state index in [1.54, 1.807) is 11.3 Å². The molecule has 1 rings (SSSR count). The summed E-state index contributed by atoms with van der Waals surface area (Å²) >= 11 is 7.41. The first kappa shape index (κ1) is 10.6. The summed E-state index contributed by atoms with van der Waals surface area (Å²) in [5.41, 5.74) is 0. The molecule has 2 N–H and O–H groups in total. The molecular formula is C9H13ClNOS+. The fraction of sp³-hybridized carbons (Fsp3) is 0.333. The van der Waals surface area contributed by atoms with E-state index in [0.717, 1.165) is 17.4 Å². The summed E-state index contributed by atoms with van der Waals surface area (Å²) in [7, 11) is 0. The van der Waals surface area contributed by atoms with Gasteiger partial charge in [0.15, 0.2) is 0 Å². The van der Waals surface area contributed by atoms with Gasteiger partial charge in [-0.05, 0) is 12.1 Å². The largest absolute Gasteiger partial charge is 0.496 e. The Kier molecular flexibility index (Phi) is 4.90. The van der Waals surface area contributed by atoms with Crippen LogP contribution in [0.3, 0.4) is 0 Å². The molecule has 72 valence electrons. The Morgan fingerprint density at radius 3 is 3.08 bits per heavy atom. The third-order valence-corrected chi connectivity index (χ3v) is 2.79. The third-order valence-electron chi connectivity index (χ3n) is 1.53. The van der Waals surface area contributed by atoms with Crippen molar-refractivity contribution in [2.75, 3.05) is 13.2 Å². The minimum atomic E-state index is 0.711. The molecule has 0 aliphatic heterocycles. The Bertz CT molecular complexity index is 262. The summed E-state index contributed by atoms with van der Waals surface area (Å²) in [6.45, 7) is 6.10. The minimum Gasteiger partial charge on any atom is -0.496 e. The molecule has 4 heteroatoms. The smallest absolute Gasteiger partial charge is 0.136 e. The van der Waals surface area contributed by atoms with E-state index in [9.17, 15) is 0 Å². The van der Waals surface area contributed by atoms with Crippen LogP contribution >= 0.6 is 22.9 Å². The normalized spacial score (nSPS) is 9.92. The number of rotatable bonds is 6. The molecule has 0 aromatic carbocycles.